The molecule has 0 aromatic rings. The fourth-order valence-corrected chi connectivity index (χ4v) is 15.1. The maximum absolute atomic E-state index is 13.7. The molecule has 6 aliphatic heterocycles. The van der Waals surface area contributed by atoms with Gasteiger partial charge in [0.25, 0.3) is 0 Å². The van der Waals surface area contributed by atoms with Gasteiger partial charge in [0, 0.05) is 71.9 Å². The van der Waals surface area contributed by atoms with Gasteiger partial charge in [0.15, 0.2) is 0 Å². The highest BCUT2D eigenvalue weighted by molar-refractivity contribution is 8.00. The van der Waals surface area contributed by atoms with Crippen LogP contribution in [0.2, 0.25) is 0 Å². The predicted octanol–water partition coefficient (Wildman–Crippen LogP) is 0.805. The molecule has 0 bridgehead atoms. The number of urea groups is 3. The summed E-state index contributed by atoms with van der Waals surface area (Å²) in [5, 5.41) is 33.2. The van der Waals surface area contributed by atoms with Crippen LogP contribution in [0.5, 0.6) is 0 Å². The Morgan fingerprint density at radius 3 is 1.21 bits per heavy atom. The highest BCUT2D eigenvalue weighted by Gasteiger charge is 2.44. The molecule has 6 saturated heterocycles. The van der Waals surface area contributed by atoms with Crippen LogP contribution in [-0.4, -0.2) is 161 Å². The number of rotatable bonds is 35. The molecule has 12 atom stereocenters. The first kappa shape index (κ1) is 57.9. The highest BCUT2D eigenvalue weighted by atomic mass is 32.2. The highest BCUT2D eigenvalue weighted by Crippen LogP contribution is 2.35. The zero-order valence-corrected chi connectivity index (χ0v) is 44.5. The van der Waals surface area contributed by atoms with Crippen LogP contribution in [0.15, 0.2) is 0 Å². The number of fused-ring (bicyclic) bond motifs is 3. The maximum Gasteiger partial charge on any atom is 0.315 e. The molecule has 6 fully saturated rings. The van der Waals surface area contributed by atoms with Crippen molar-refractivity contribution in [2.75, 3.05) is 36.9 Å². The van der Waals surface area contributed by atoms with Gasteiger partial charge < -0.3 is 70.0 Å². The van der Waals surface area contributed by atoms with Crippen molar-refractivity contribution in [1.29, 1.82) is 0 Å². The van der Waals surface area contributed by atoms with Crippen molar-refractivity contribution >= 4 is 88.8 Å². The first-order valence-electron chi connectivity index (χ1n) is 26.8. The Morgan fingerprint density at radius 2 is 0.822 bits per heavy atom. The molecule has 0 aromatic heterocycles. The van der Waals surface area contributed by atoms with Crippen LogP contribution in [0, 0.1) is 0 Å². The van der Waals surface area contributed by atoms with E-state index in [1.807, 2.05) is 35.3 Å². The summed E-state index contributed by atoms with van der Waals surface area (Å²) in [6.07, 6.45) is 12.9. The van der Waals surface area contributed by atoms with Crippen LogP contribution in [0.1, 0.15) is 135 Å². The van der Waals surface area contributed by atoms with Gasteiger partial charge in [-0.25, -0.2) is 14.4 Å². The summed E-state index contributed by atoms with van der Waals surface area (Å²) in [7, 11) is 0. The summed E-state index contributed by atoms with van der Waals surface area (Å²) in [4.78, 5) is 112. The van der Waals surface area contributed by atoms with E-state index in [1.165, 1.54) is 0 Å². The molecular formula is C48H81N13O9S3. The van der Waals surface area contributed by atoms with Crippen molar-refractivity contribution in [3.05, 3.63) is 0 Å². The Balaban J connectivity index is 0.856. The van der Waals surface area contributed by atoms with Gasteiger partial charge in [0.2, 0.25) is 35.4 Å². The Bertz CT molecular complexity index is 1910. The molecule has 6 heterocycles. The second kappa shape index (κ2) is 30.3. The number of thioether (sulfide) groups is 3. The monoisotopic (exact) mass is 1080 g/mol. The van der Waals surface area contributed by atoms with E-state index in [4.69, 9.17) is 11.5 Å². The molecule has 12 amide bonds. The summed E-state index contributed by atoms with van der Waals surface area (Å²) in [5.41, 5.74) is 12.0. The minimum Gasteiger partial charge on any atom is -0.368 e. The van der Waals surface area contributed by atoms with Gasteiger partial charge in [-0.2, -0.15) is 35.3 Å². The van der Waals surface area contributed by atoms with E-state index in [-0.39, 0.29) is 84.9 Å². The lowest BCUT2D eigenvalue weighted by atomic mass is 10.0. The quantitative estimate of drug-likeness (QED) is 0.0309. The van der Waals surface area contributed by atoms with Gasteiger partial charge in [0.05, 0.1) is 42.3 Å². The van der Waals surface area contributed by atoms with E-state index in [0.717, 1.165) is 75.0 Å². The third-order valence-electron chi connectivity index (χ3n) is 14.6. The molecule has 6 aliphatic rings. The Hall–Kier alpha value is -4.36. The summed E-state index contributed by atoms with van der Waals surface area (Å²) in [5.74, 6) is 0.716. The number of nitrogens with one attached hydrogen (secondary N) is 11. The summed E-state index contributed by atoms with van der Waals surface area (Å²) in [6, 6.07) is -2.33. The maximum atomic E-state index is 13.7. The topological polar surface area (TPSA) is 338 Å². The first-order valence-corrected chi connectivity index (χ1v) is 29.9. The number of primary amides is 1. The molecule has 0 saturated carbocycles. The van der Waals surface area contributed by atoms with E-state index >= 15 is 0 Å². The molecule has 6 rings (SSSR count). The van der Waals surface area contributed by atoms with E-state index in [1.54, 1.807) is 0 Å². The van der Waals surface area contributed by atoms with Gasteiger partial charge in [-0.15, -0.1) is 0 Å². The number of amides is 12. The third kappa shape index (κ3) is 19.1. The molecule has 0 aliphatic carbocycles. The molecule has 0 aromatic carbocycles. The number of carbonyl (C=O) groups is 9. The number of carbonyl (C=O) groups excluding carboxylic acids is 9. The Labute approximate surface area is 441 Å². The third-order valence-corrected chi connectivity index (χ3v) is 19.1. The standard InChI is InChI=1S/C48H81N13O9S3/c49-28(13-7-10-22-51-37(62)19-4-1-16-34-40-31(25-71-34)56-46(68)59-40)44(66)55-30(15-9-12-24-53-39(64)21-6-3-18-36-42-33(27-73-36)58-48(70)61-42)45(67)54-29(43(50)65)14-8-11-23-52-38(63)20-5-2-17-35-41-32(26-72-35)57-47(69)60-41/h28-36,40-42H,1-27,49H2,(H2,50,65)(H,51,62)(H,52,63)(H,53,64)(H,54,67)(H,55,66)(H2,56,59,68)(H2,57,60,69)(H2,58,61,70). The molecule has 22 nitrogen and oxygen atoms in total. The van der Waals surface area contributed by atoms with E-state index in [2.05, 4.69) is 58.5 Å². The Kier molecular flexibility index (Phi) is 24.0. The van der Waals surface area contributed by atoms with Gasteiger partial charge in [-0.05, 0) is 96.3 Å². The summed E-state index contributed by atoms with van der Waals surface area (Å²) >= 11 is 5.56. The number of nitrogens with two attached hydrogens (primary N) is 2. The van der Waals surface area contributed by atoms with Crippen LogP contribution in [0.25, 0.3) is 0 Å². The van der Waals surface area contributed by atoms with Crippen molar-refractivity contribution in [1.82, 2.24) is 58.5 Å². The smallest absolute Gasteiger partial charge is 0.315 e. The van der Waals surface area contributed by atoms with Crippen molar-refractivity contribution < 1.29 is 43.2 Å². The molecule has 15 N–H and O–H groups in total. The van der Waals surface area contributed by atoms with Crippen molar-refractivity contribution in [2.24, 2.45) is 11.5 Å². The average Bonchev–Trinajstić information content (AvgIpc) is 4.22. The van der Waals surface area contributed by atoms with Crippen LogP contribution < -0.4 is 70.0 Å². The van der Waals surface area contributed by atoms with Gasteiger partial charge in [-0.1, -0.05) is 19.3 Å². The lowest BCUT2D eigenvalue weighted by Gasteiger charge is -2.23. The lowest BCUT2D eigenvalue weighted by Crippen LogP contribution is -2.55. The molecule has 410 valence electrons. The first-order chi connectivity index (χ1) is 35.2. The predicted molar refractivity (Wildman–Crippen MR) is 283 cm³/mol. The minimum atomic E-state index is -1.02. The molecular weight excluding hydrogens is 999 g/mol. The second-order valence-corrected chi connectivity index (χ2v) is 24.1. The van der Waals surface area contributed by atoms with E-state index in [9.17, 15) is 43.2 Å². The fraction of sp³-hybridized carbons (Fsp3) is 0.812. The average molecular weight is 1080 g/mol. The molecule has 0 spiro atoms. The normalized spacial score (nSPS) is 26.6. The molecule has 25 heteroatoms. The molecule has 0 radical (unpaired) electrons. The van der Waals surface area contributed by atoms with Crippen LogP contribution in [-0.2, 0) is 28.8 Å². The van der Waals surface area contributed by atoms with Gasteiger partial charge >= 0.3 is 18.1 Å². The Morgan fingerprint density at radius 1 is 0.466 bits per heavy atom. The minimum absolute atomic E-state index is 0.0356. The van der Waals surface area contributed by atoms with Crippen LogP contribution in [0.4, 0.5) is 14.4 Å². The molecule has 73 heavy (non-hydrogen) atoms. The van der Waals surface area contributed by atoms with Crippen LogP contribution >= 0.6 is 35.3 Å². The largest absolute Gasteiger partial charge is 0.368 e. The number of hydrogen-bond donors (Lipinski definition) is 13. The summed E-state index contributed by atoms with van der Waals surface area (Å²) < 4.78 is 0. The van der Waals surface area contributed by atoms with Crippen LogP contribution in [0.3, 0.4) is 0 Å². The molecule has 12 unspecified atom stereocenters. The van der Waals surface area contributed by atoms with Crippen molar-refractivity contribution in [3.63, 3.8) is 0 Å². The zero-order chi connectivity index (χ0) is 52.1. The summed E-state index contributed by atoms with van der Waals surface area (Å²) in [6.45, 7) is 1.23. The van der Waals surface area contributed by atoms with Gasteiger partial charge in [-0.3, -0.25) is 28.8 Å². The second-order valence-electron chi connectivity index (χ2n) is 20.3. The zero-order valence-electron chi connectivity index (χ0n) is 42.1. The number of unbranched alkanes of at least 4 members (excludes halogenated alkanes) is 6. The van der Waals surface area contributed by atoms with E-state index in [0.29, 0.717) is 99.6 Å². The number of hydrogen-bond acceptors (Lipinski definition) is 13. The van der Waals surface area contributed by atoms with Gasteiger partial charge in [0.1, 0.15) is 12.1 Å². The van der Waals surface area contributed by atoms with Crippen molar-refractivity contribution in [3.8, 4) is 0 Å². The fourth-order valence-electron chi connectivity index (χ4n) is 10.4. The lowest BCUT2D eigenvalue weighted by molar-refractivity contribution is -0.132. The SMILES string of the molecule is NC(=O)C(CCCCNC(=O)CCCCC1SCC2NC(=O)NC21)NC(=O)C(CCCCNC(=O)CCCCC1SCC2NC(=O)NC21)NC(=O)C(N)CCCCNC(=O)CCCCC1SCC2NC(=O)NC21. The van der Waals surface area contributed by atoms with E-state index < -0.39 is 35.8 Å². The van der Waals surface area contributed by atoms with Crippen molar-refractivity contribution in [2.45, 2.75) is 205 Å².